The zero-order valence-corrected chi connectivity index (χ0v) is 12.2. The molecule has 0 saturated heterocycles. The second-order valence-corrected chi connectivity index (χ2v) is 6.17. The van der Waals surface area contributed by atoms with E-state index in [1.54, 1.807) is 22.8 Å². The molecule has 0 bridgehead atoms. The average Bonchev–Trinajstić information content (AvgIpc) is 2.97. The number of halogens is 1. The molecule has 0 radical (unpaired) electrons. The highest BCUT2D eigenvalue weighted by Gasteiger charge is 2.13. The predicted octanol–water partition coefficient (Wildman–Crippen LogP) is 4.00. The van der Waals surface area contributed by atoms with Crippen LogP contribution < -0.4 is 0 Å². The molecule has 19 heavy (non-hydrogen) atoms. The van der Waals surface area contributed by atoms with Crippen LogP contribution in [0.1, 0.15) is 4.88 Å². The zero-order chi connectivity index (χ0) is 13.4. The first-order chi connectivity index (χ1) is 9.13. The Hall–Kier alpha value is -1.50. The Morgan fingerprint density at radius 3 is 2.68 bits per heavy atom. The van der Waals surface area contributed by atoms with Crippen molar-refractivity contribution in [3.05, 3.63) is 32.9 Å². The maximum atomic E-state index is 9.75. The molecule has 3 aromatic rings. The van der Waals surface area contributed by atoms with E-state index in [4.69, 9.17) is 11.6 Å². The number of aryl methyl sites for hydroxylation is 1. The van der Waals surface area contributed by atoms with Crippen molar-refractivity contribution in [1.29, 1.82) is 0 Å². The molecule has 1 N–H and O–H groups in total. The Kier molecular flexibility index (Phi) is 3.22. The van der Waals surface area contributed by atoms with Crippen molar-refractivity contribution in [3.63, 3.8) is 0 Å². The maximum Gasteiger partial charge on any atom is 0.215 e. The molecule has 3 aromatic heterocycles. The molecular formula is C12H8ClN3OS2. The van der Waals surface area contributed by atoms with Gasteiger partial charge >= 0.3 is 0 Å². The molecular weight excluding hydrogens is 302 g/mol. The second kappa shape index (κ2) is 4.88. The molecule has 0 aliphatic rings. The summed E-state index contributed by atoms with van der Waals surface area (Å²) in [6.07, 6.45) is 0. The van der Waals surface area contributed by atoms with Crippen molar-refractivity contribution in [1.82, 2.24) is 15.0 Å². The third-order valence-electron chi connectivity index (χ3n) is 2.51. The van der Waals surface area contributed by atoms with Gasteiger partial charge in [0.1, 0.15) is 5.15 Å². The minimum atomic E-state index is -0.0723. The summed E-state index contributed by atoms with van der Waals surface area (Å²) >= 11 is 8.78. The number of hydrogen-bond donors (Lipinski definition) is 1. The van der Waals surface area contributed by atoms with Crippen molar-refractivity contribution in [2.45, 2.75) is 6.92 Å². The van der Waals surface area contributed by atoms with Crippen LogP contribution in [0.5, 0.6) is 5.88 Å². The summed E-state index contributed by atoms with van der Waals surface area (Å²) in [5, 5.41) is 14.4. The van der Waals surface area contributed by atoms with E-state index in [2.05, 4.69) is 15.0 Å². The Balaban J connectivity index is 2.13. The summed E-state index contributed by atoms with van der Waals surface area (Å²) in [7, 11) is 0. The van der Waals surface area contributed by atoms with Crippen LogP contribution >= 0.6 is 34.3 Å². The van der Waals surface area contributed by atoms with E-state index in [-0.39, 0.29) is 5.88 Å². The van der Waals surface area contributed by atoms with Crippen molar-refractivity contribution < 1.29 is 5.11 Å². The molecule has 3 heterocycles. The van der Waals surface area contributed by atoms with Gasteiger partial charge in [-0.05, 0) is 18.4 Å². The largest absolute Gasteiger partial charge is 0.493 e. The molecule has 0 unspecified atom stereocenters. The van der Waals surface area contributed by atoms with E-state index in [1.807, 2.05) is 18.4 Å². The van der Waals surface area contributed by atoms with Gasteiger partial charge in [0, 0.05) is 21.9 Å². The standard InChI is InChI=1S/C12H8ClN3OS2/c1-6-7(2-3-18-6)8-4-10(17)16-11(14-8)12-15-9(13)5-19-12/h2-5H,1H3,(H,14,16,17). The van der Waals surface area contributed by atoms with Crippen LogP contribution in [0.15, 0.2) is 22.9 Å². The highest BCUT2D eigenvalue weighted by atomic mass is 35.5. The number of aromatic hydroxyl groups is 1. The van der Waals surface area contributed by atoms with Crippen LogP contribution in [0.2, 0.25) is 5.15 Å². The first kappa shape index (κ1) is 12.5. The number of thiophene rings is 1. The molecule has 7 heteroatoms. The molecule has 0 aliphatic carbocycles. The number of aromatic nitrogens is 3. The van der Waals surface area contributed by atoms with Crippen LogP contribution in [-0.2, 0) is 0 Å². The quantitative estimate of drug-likeness (QED) is 0.777. The Bertz CT molecular complexity index is 738. The van der Waals surface area contributed by atoms with Gasteiger partial charge in [-0.25, -0.2) is 9.97 Å². The van der Waals surface area contributed by atoms with Crippen LogP contribution in [-0.4, -0.2) is 20.1 Å². The van der Waals surface area contributed by atoms with Crippen molar-refractivity contribution in [2.75, 3.05) is 0 Å². The summed E-state index contributed by atoms with van der Waals surface area (Å²) in [4.78, 5) is 13.7. The molecule has 0 fully saturated rings. The molecule has 0 saturated carbocycles. The van der Waals surface area contributed by atoms with Crippen molar-refractivity contribution in [2.24, 2.45) is 0 Å². The number of rotatable bonds is 2. The molecule has 3 rings (SSSR count). The topological polar surface area (TPSA) is 58.9 Å². The minimum absolute atomic E-state index is 0.0723. The molecule has 0 spiro atoms. The number of nitrogens with zero attached hydrogens (tertiary/aromatic N) is 3. The van der Waals surface area contributed by atoms with Gasteiger partial charge in [-0.1, -0.05) is 11.6 Å². The SMILES string of the molecule is Cc1sccc1-c1cc(O)nc(-c2nc(Cl)cs2)n1. The number of thiazole rings is 1. The van der Waals surface area contributed by atoms with Crippen LogP contribution in [0, 0.1) is 6.92 Å². The lowest BCUT2D eigenvalue weighted by Crippen LogP contribution is -1.92. The molecule has 0 atom stereocenters. The lowest BCUT2D eigenvalue weighted by molar-refractivity contribution is 0.453. The second-order valence-electron chi connectivity index (χ2n) is 3.80. The normalized spacial score (nSPS) is 10.8. The van der Waals surface area contributed by atoms with Gasteiger partial charge in [0.25, 0.3) is 0 Å². The van der Waals surface area contributed by atoms with E-state index < -0.39 is 0 Å². The average molecular weight is 310 g/mol. The van der Waals surface area contributed by atoms with Gasteiger partial charge in [-0.2, -0.15) is 4.98 Å². The summed E-state index contributed by atoms with van der Waals surface area (Å²) in [6, 6.07) is 3.52. The fourth-order valence-electron chi connectivity index (χ4n) is 1.68. The van der Waals surface area contributed by atoms with Crippen LogP contribution in [0.4, 0.5) is 0 Å². The molecule has 0 aliphatic heterocycles. The fourth-order valence-corrected chi connectivity index (χ4v) is 3.26. The van der Waals surface area contributed by atoms with E-state index in [9.17, 15) is 5.11 Å². The summed E-state index contributed by atoms with van der Waals surface area (Å²) in [5.41, 5.74) is 1.68. The predicted molar refractivity (Wildman–Crippen MR) is 77.9 cm³/mol. The van der Waals surface area contributed by atoms with E-state index in [1.165, 1.54) is 11.3 Å². The lowest BCUT2D eigenvalue weighted by Gasteiger charge is -2.03. The van der Waals surface area contributed by atoms with Crippen molar-refractivity contribution >= 4 is 34.3 Å². The molecule has 4 nitrogen and oxygen atoms in total. The Labute approximate surface area is 122 Å². The van der Waals surface area contributed by atoms with Gasteiger partial charge in [0.05, 0.1) is 5.69 Å². The number of hydrogen-bond acceptors (Lipinski definition) is 6. The third-order valence-corrected chi connectivity index (χ3v) is 4.52. The van der Waals surface area contributed by atoms with Crippen LogP contribution in [0.25, 0.3) is 22.1 Å². The molecule has 96 valence electrons. The van der Waals surface area contributed by atoms with E-state index >= 15 is 0 Å². The van der Waals surface area contributed by atoms with E-state index in [0.717, 1.165) is 10.4 Å². The van der Waals surface area contributed by atoms with Gasteiger partial charge in [-0.15, -0.1) is 22.7 Å². The fraction of sp³-hybridized carbons (Fsp3) is 0.0833. The summed E-state index contributed by atoms with van der Waals surface area (Å²) in [6.45, 7) is 2.01. The van der Waals surface area contributed by atoms with Crippen molar-refractivity contribution in [3.8, 4) is 28.0 Å². The van der Waals surface area contributed by atoms with Crippen LogP contribution in [0.3, 0.4) is 0 Å². The maximum absolute atomic E-state index is 9.75. The zero-order valence-electron chi connectivity index (χ0n) is 9.79. The lowest BCUT2D eigenvalue weighted by atomic mass is 10.2. The van der Waals surface area contributed by atoms with Gasteiger partial charge in [-0.3, -0.25) is 0 Å². The smallest absolute Gasteiger partial charge is 0.215 e. The van der Waals surface area contributed by atoms with E-state index in [0.29, 0.717) is 21.7 Å². The highest BCUT2D eigenvalue weighted by molar-refractivity contribution is 7.13. The third kappa shape index (κ3) is 2.47. The van der Waals surface area contributed by atoms with Gasteiger partial charge in [0.15, 0.2) is 10.8 Å². The monoisotopic (exact) mass is 309 g/mol. The highest BCUT2D eigenvalue weighted by Crippen LogP contribution is 2.30. The van der Waals surface area contributed by atoms with Gasteiger partial charge < -0.3 is 5.11 Å². The summed E-state index contributed by atoms with van der Waals surface area (Å²) < 4.78 is 0. The first-order valence-corrected chi connectivity index (χ1v) is 7.51. The Morgan fingerprint density at radius 1 is 1.21 bits per heavy atom. The first-order valence-electron chi connectivity index (χ1n) is 5.37. The minimum Gasteiger partial charge on any atom is -0.493 e. The Morgan fingerprint density at radius 2 is 2.05 bits per heavy atom. The van der Waals surface area contributed by atoms with Gasteiger partial charge in [0.2, 0.25) is 5.88 Å². The molecule has 0 aromatic carbocycles. The summed E-state index contributed by atoms with van der Waals surface area (Å²) in [5.74, 6) is 0.314. The molecule has 0 amide bonds.